The Kier molecular flexibility index (Phi) is 6.55. The van der Waals surface area contributed by atoms with Crippen LogP contribution in [0.4, 0.5) is 5.69 Å². The van der Waals surface area contributed by atoms with Crippen molar-refractivity contribution in [2.45, 2.75) is 26.2 Å². The van der Waals surface area contributed by atoms with E-state index in [1.165, 1.54) is 14.5 Å². The zero-order valence-electron chi connectivity index (χ0n) is 18.5. The average Bonchev–Trinajstić information content (AvgIpc) is 2.80. The number of benzene rings is 3. The number of para-hydroxylation sites is 1. The van der Waals surface area contributed by atoms with Crippen molar-refractivity contribution >= 4 is 35.5 Å². The van der Waals surface area contributed by atoms with Crippen molar-refractivity contribution in [2.24, 2.45) is 0 Å². The van der Waals surface area contributed by atoms with Gasteiger partial charge in [-0.05, 0) is 0 Å². The monoisotopic (exact) mass is 486 g/mol. The zero-order valence-corrected chi connectivity index (χ0v) is 20.2. The summed E-state index contributed by atoms with van der Waals surface area (Å²) in [5.74, 6) is -0.209. The van der Waals surface area contributed by atoms with Crippen molar-refractivity contribution in [3.8, 4) is 11.1 Å². The predicted octanol–water partition coefficient (Wildman–Crippen LogP) is 4.95. The normalized spacial score (nSPS) is 11.2. The van der Waals surface area contributed by atoms with E-state index in [2.05, 4.69) is 85.7 Å². The first-order valence-corrected chi connectivity index (χ1v) is 12.3. The molecular weight excluding hydrogens is 459 g/mol. The molecule has 3 nitrogen and oxygen atoms in total. The Bertz CT molecular complexity index is 1220. The topological polar surface area (TPSA) is 42.0 Å². The van der Waals surface area contributed by atoms with E-state index in [1.807, 2.05) is 24.3 Å². The Morgan fingerprint density at radius 3 is 2.25 bits per heavy atom. The molecule has 0 spiro atoms. The number of aromatic nitrogens is 1. The molecule has 4 heteroatoms. The first kappa shape index (κ1) is 22.0. The van der Waals surface area contributed by atoms with E-state index < -0.39 is 0 Å². The van der Waals surface area contributed by atoms with Gasteiger partial charge in [0.05, 0.1) is 0 Å². The van der Waals surface area contributed by atoms with Gasteiger partial charge in [-0.25, -0.2) is 0 Å². The number of rotatable bonds is 5. The third-order valence-electron chi connectivity index (χ3n) is 5.18. The SMILES string of the molecule is CC(C)(C)c1ccc(-c2ccccc2NC(=O)c2ccccn2)c([Se]c2ccccc2)c1. The number of nitrogens with one attached hydrogen (secondary N) is 1. The molecule has 0 bridgehead atoms. The number of carbonyl (C=O) groups excluding carboxylic acids is 1. The molecule has 3 aromatic carbocycles. The van der Waals surface area contributed by atoms with Crippen LogP contribution >= 0.6 is 0 Å². The second-order valence-corrected chi connectivity index (χ2v) is 10.9. The van der Waals surface area contributed by atoms with E-state index in [4.69, 9.17) is 0 Å². The van der Waals surface area contributed by atoms with Crippen LogP contribution in [0, 0.1) is 0 Å². The molecule has 160 valence electrons. The number of nitrogens with zero attached hydrogens (tertiary/aromatic N) is 1. The summed E-state index contributed by atoms with van der Waals surface area (Å²) in [5, 5.41) is 3.07. The van der Waals surface area contributed by atoms with Gasteiger partial charge in [0.2, 0.25) is 0 Å². The van der Waals surface area contributed by atoms with E-state index in [1.54, 1.807) is 18.3 Å². The first-order chi connectivity index (χ1) is 15.4. The van der Waals surface area contributed by atoms with Gasteiger partial charge >= 0.3 is 196 Å². The van der Waals surface area contributed by atoms with E-state index >= 15 is 0 Å². The molecule has 0 aliphatic heterocycles. The van der Waals surface area contributed by atoms with Gasteiger partial charge in [0, 0.05) is 0 Å². The standard InChI is InChI=1S/C28H26N2OSe/c1-28(2,3)20-16-17-23(26(19-20)32-21-11-5-4-6-12-21)22-13-7-8-14-24(22)30-27(31)25-15-9-10-18-29-25/h4-19H,1-3H3,(H,30,31). The number of amides is 1. The fourth-order valence-corrected chi connectivity index (χ4v) is 5.56. The summed E-state index contributed by atoms with van der Waals surface area (Å²) < 4.78 is 2.62. The van der Waals surface area contributed by atoms with Crippen LogP contribution in [0.3, 0.4) is 0 Å². The van der Waals surface area contributed by atoms with Gasteiger partial charge in [-0.3, -0.25) is 0 Å². The molecule has 1 N–H and O–H groups in total. The fraction of sp³-hybridized carbons (Fsp3) is 0.143. The molecule has 4 aromatic rings. The van der Waals surface area contributed by atoms with Crippen molar-refractivity contribution in [2.75, 3.05) is 5.32 Å². The molecular formula is C28H26N2OSe. The molecule has 1 aromatic heterocycles. The van der Waals surface area contributed by atoms with Gasteiger partial charge < -0.3 is 0 Å². The maximum absolute atomic E-state index is 12.8. The van der Waals surface area contributed by atoms with Crippen LogP contribution in [-0.4, -0.2) is 25.8 Å². The van der Waals surface area contributed by atoms with Crippen LogP contribution in [-0.2, 0) is 5.41 Å². The number of hydrogen-bond acceptors (Lipinski definition) is 2. The van der Waals surface area contributed by atoms with Crippen molar-refractivity contribution in [3.05, 3.63) is 108 Å². The van der Waals surface area contributed by atoms with Crippen LogP contribution in [0.15, 0.2) is 97.2 Å². The Balaban J connectivity index is 1.77. The molecule has 0 saturated heterocycles. The molecule has 32 heavy (non-hydrogen) atoms. The van der Waals surface area contributed by atoms with Crippen molar-refractivity contribution in [1.29, 1.82) is 0 Å². The van der Waals surface area contributed by atoms with Crippen LogP contribution in [0.25, 0.3) is 11.1 Å². The second-order valence-electron chi connectivity index (χ2n) is 8.59. The minimum absolute atomic E-state index is 0.0623. The van der Waals surface area contributed by atoms with Crippen LogP contribution in [0.2, 0.25) is 0 Å². The van der Waals surface area contributed by atoms with Gasteiger partial charge in [-0.1, -0.05) is 0 Å². The summed E-state index contributed by atoms with van der Waals surface area (Å²) in [5.41, 5.74) is 4.73. The van der Waals surface area contributed by atoms with Gasteiger partial charge in [0.15, 0.2) is 0 Å². The summed E-state index contributed by atoms with van der Waals surface area (Å²) in [6, 6.07) is 30.7. The molecule has 0 aliphatic rings. The molecule has 0 fully saturated rings. The second kappa shape index (κ2) is 9.52. The number of hydrogen-bond donors (Lipinski definition) is 1. The predicted molar refractivity (Wildman–Crippen MR) is 134 cm³/mol. The Morgan fingerprint density at radius 2 is 1.53 bits per heavy atom. The summed E-state index contributed by atoms with van der Waals surface area (Å²) in [6.45, 7) is 6.72. The van der Waals surface area contributed by atoms with Crippen LogP contribution < -0.4 is 14.2 Å². The maximum atomic E-state index is 12.8. The van der Waals surface area contributed by atoms with Crippen LogP contribution in [0.1, 0.15) is 36.8 Å². The molecule has 4 rings (SSSR count). The van der Waals surface area contributed by atoms with E-state index in [-0.39, 0.29) is 26.3 Å². The molecule has 0 radical (unpaired) electrons. The number of pyridine rings is 1. The third-order valence-corrected chi connectivity index (χ3v) is 7.42. The quantitative estimate of drug-likeness (QED) is 0.407. The van der Waals surface area contributed by atoms with Gasteiger partial charge in [-0.2, -0.15) is 0 Å². The molecule has 1 heterocycles. The van der Waals surface area contributed by atoms with Gasteiger partial charge in [0.25, 0.3) is 0 Å². The average molecular weight is 485 g/mol. The van der Waals surface area contributed by atoms with Crippen molar-refractivity contribution < 1.29 is 4.79 Å². The van der Waals surface area contributed by atoms with Crippen molar-refractivity contribution in [3.63, 3.8) is 0 Å². The Hall–Kier alpha value is -3.20. The van der Waals surface area contributed by atoms with Crippen molar-refractivity contribution in [1.82, 2.24) is 4.98 Å². The number of anilines is 1. The molecule has 0 saturated carbocycles. The van der Waals surface area contributed by atoms with E-state index in [9.17, 15) is 4.79 Å². The zero-order chi connectivity index (χ0) is 22.6. The molecule has 0 unspecified atom stereocenters. The summed E-state index contributed by atoms with van der Waals surface area (Å²) in [4.78, 5) is 17.0. The molecule has 0 atom stereocenters. The fourth-order valence-electron chi connectivity index (χ4n) is 3.42. The van der Waals surface area contributed by atoms with Crippen LogP contribution in [0.5, 0.6) is 0 Å². The Labute approximate surface area is 196 Å². The Morgan fingerprint density at radius 1 is 0.812 bits per heavy atom. The molecule has 1 amide bonds. The number of carbonyl (C=O) groups is 1. The van der Waals surface area contributed by atoms with E-state index in [0.29, 0.717) is 5.69 Å². The summed E-state index contributed by atoms with van der Waals surface area (Å²) in [6.07, 6.45) is 1.63. The van der Waals surface area contributed by atoms with Gasteiger partial charge in [-0.15, -0.1) is 0 Å². The van der Waals surface area contributed by atoms with E-state index in [0.717, 1.165) is 16.8 Å². The summed E-state index contributed by atoms with van der Waals surface area (Å²) >= 11 is 0.135. The summed E-state index contributed by atoms with van der Waals surface area (Å²) in [7, 11) is 0. The first-order valence-electron chi connectivity index (χ1n) is 10.6. The van der Waals surface area contributed by atoms with Gasteiger partial charge in [0.1, 0.15) is 0 Å². The third kappa shape index (κ3) is 5.16. The minimum atomic E-state index is -0.209. The molecule has 0 aliphatic carbocycles.